The number of aromatic nitrogens is 1. The molecule has 0 spiro atoms. The first-order valence-electron chi connectivity index (χ1n) is 8.12. The van der Waals surface area contributed by atoms with Crippen molar-refractivity contribution in [2.45, 2.75) is 19.3 Å². The topological polar surface area (TPSA) is 77.2 Å². The fourth-order valence-corrected chi connectivity index (χ4v) is 2.96. The van der Waals surface area contributed by atoms with Crippen LogP contribution in [-0.4, -0.2) is 47.9 Å². The summed E-state index contributed by atoms with van der Waals surface area (Å²) in [6, 6.07) is 7.42. The maximum atomic E-state index is 12.0. The highest BCUT2D eigenvalue weighted by molar-refractivity contribution is 6.40. The Morgan fingerprint density at radius 2 is 1.91 bits per heavy atom. The zero-order valence-corrected chi connectivity index (χ0v) is 13.1. The quantitative estimate of drug-likeness (QED) is 0.752. The molecule has 0 atom stereocenters. The van der Waals surface area contributed by atoms with Crippen molar-refractivity contribution in [1.29, 1.82) is 0 Å². The number of benzene rings is 1. The molecule has 0 saturated carbocycles. The van der Waals surface area contributed by atoms with E-state index >= 15 is 0 Å². The minimum atomic E-state index is -0.627. The van der Waals surface area contributed by atoms with Crippen LogP contribution in [0.5, 0.6) is 0 Å². The average Bonchev–Trinajstić information content (AvgIpc) is 3.05. The molecule has 1 aliphatic heterocycles. The van der Waals surface area contributed by atoms with Gasteiger partial charge in [0, 0.05) is 30.2 Å². The number of amides is 2. The number of aromatic amines is 1. The molecule has 6 nitrogen and oxygen atoms in total. The fraction of sp³-hybridized carbons (Fsp3) is 0.412. The highest BCUT2D eigenvalue weighted by Crippen LogP contribution is 2.21. The number of carbonyl (C=O) groups is 2. The van der Waals surface area contributed by atoms with Gasteiger partial charge in [0.25, 0.3) is 0 Å². The summed E-state index contributed by atoms with van der Waals surface area (Å²) < 4.78 is 0. The minimum absolute atomic E-state index is 0.501. The van der Waals surface area contributed by atoms with Crippen LogP contribution in [0.4, 0.5) is 5.69 Å². The number of rotatable bonds is 4. The highest BCUT2D eigenvalue weighted by atomic mass is 16.2. The van der Waals surface area contributed by atoms with Gasteiger partial charge in [0.1, 0.15) is 0 Å². The first-order valence-corrected chi connectivity index (χ1v) is 8.12. The van der Waals surface area contributed by atoms with Crippen LogP contribution in [0.1, 0.15) is 19.3 Å². The molecular formula is C17H22N4O2. The Morgan fingerprint density at radius 1 is 1.09 bits per heavy atom. The van der Waals surface area contributed by atoms with Crippen LogP contribution < -0.4 is 10.6 Å². The van der Waals surface area contributed by atoms with Crippen molar-refractivity contribution in [1.82, 2.24) is 15.2 Å². The number of H-pyrrole nitrogens is 1. The summed E-state index contributed by atoms with van der Waals surface area (Å²) in [5.74, 6) is -1.22. The summed E-state index contributed by atoms with van der Waals surface area (Å²) in [5.41, 5.74) is 1.56. The van der Waals surface area contributed by atoms with E-state index in [9.17, 15) is 9.59 Å². The lowest BCUT2D eigenvalue weighted by atomic mass is 10.1. The number of anilines is 1. The van der Waals surface area contributed by atoms with Crippen molar-refractivity contribution >= 4 is 28.4 Å². The molecule has 23 heavy (non-hydrogen) atoms. The molecule has 1 saturated heterocycles. The molecule has 1 fully saturated rings. The first kappa shape index (κ1) is 15.6. The Kier molecular flexibility index (Phi) is 4.92. The van der Waals surface area contributed by atoms with E-state index in [1.54, 1.807) is 12.3 Å². The summed E-state index contributed by atoms with van der Waals surface area (Å²) in [4.78, 5) is 29.3. The molecule has 2 heterocycles. The number of hydrogen-bond acceptors (Lipinski definition) is 3. The maximum Gasteiger partial charge on any atom is 0.313 e. The second kappa shape index (κ2) is 7.28. The summed E-state index contributed by atoms with van der Waals surface area (Å²) in [7, 11) is 0. The number of piperidine rings is 1. The number of fused-ring (bicyclic) bond motifs is 1. The van der Waals surface area contributed by atoms with Gasteiger partial charge in [0.15, 0.2) is 0 Å². The van der Waals surface area contributed by atoms with Gasteiger partial charge in [-0.15, -0.1) is 0 Å². The third-order valence-corrected chi connectivity index (χ3v) is 4.21. The smallest absolute Gasteiger partial charge is 0.313 e. The van der Waals surface area contributed by atoms with Crippen LogP contribution in [0.3, 0.4) is 0 Å². The number of likely N-dealkylation sites (tertiary alicyclic amines) is 1. The fourth-order valence-electron chi connectivity index (χ4n) is 2.96. The third kappa shape index (κ3) is 3.90. The van der Waals surface area contributed by atoms with E-state index in [1.165, 1.54) is 19.3 Å². The van der Waals surface area contributed by atoms with Crippen LogP contribution >= 0.6 is 0 Å². The molecule has 2 amide bonds. The molecule has 1 aliphatic rings. The number of nitrogens with zero attached hydrogens (tertiary/aromatic N) is 1. The van der Waals surface area contributed by atoms with Gasteiger partial charge in [-0.05, 0) is 44.1 Å². The highest BCUT2D eigenvalue weighted by Gasteiger charge is 2.15. The Balaban J connectivity index is 1.49. The van der Waals surface area contributed by atoms with Crippen molar-refractivity contribution in [2.24, 2.45) is 0 Å². The van der Waals surface area contributed by atoms with Crippen molar-refractivity contribution < 1.29 is 9.59 Å². The zero-order valence-electron chi connectivity index (χ0n) is 13.1. The first-order chi connectivity index (χ1) is 11.2. The lowest BCUT2D eigenvalue weighted by Crippen LogP contribution is -2.41. The molecule has 3 N–H and O–H groups in total. The SMILES string of the molecule is O=C(NCCN1CCCCC1)C(=O)Nc1cccc2[nH]ccc12. The summed E-state index contributed by atoms with van der Waals surface area (Å²) in [6.07, 6.45) is 5.53. The van der Waals surface area contributed by atoms with Crippen molar-refractivity contribution in [3.63, 3.8) is 0 Å². The van der Waals surface area contributed by atoms with Crippen molar-refractivity contribution in [3.05, 3.63) is 30.5 Å². The zero-order chi connectivity index (χ0) is 16.1. The number of hydrogen-bond donors (Lipinski definition) is 3. The van der Waals surface area contributed by atoms with Gasteiger partial charge < -0.3 is 20.5 Å². The Bertz CT molecular complexity index is 689. The van der Waals surface area contributed by atoms with Crippen LogP contribution in [0.2, 0.25) is 0 Å². The van der Waals surface area contributed by atoms with Crippen LogP contribution in [0.25, 0.3) is 10.9 Å². The lowest BCUT2D eigenvalue weighted by molar-refractivity contribution is -0.136. The molecule has 0 unspecified atom stereocenters. The Morgan fingerprint density at radius 3 is 2.74 bits per heavy atom. The average molecular weight is 314 g/mol. The second-order valence-corrected chi connectivity index (χ2v) is 5.86. The van der Waals surface area contributed by atoms with E-state index in [0.717, 1.165) is 30.5 Å². The normalized spacial score (nSPS) is 15.5. The molecule has 6 heteroatoms. The molecule has 2 aromatic rings. The predicted octanol–water partition coefficient (Wildman–Crippen LogP) is 1.71. The molecule has 0 bridgehead atoms. The van der Waals surface area contributed by atoms with Gasteiger partial charge in [-0.25, -0.2) is 0 Å². The van der Waals surface area contributed by atoms with Gasteiger partial charge in [-0.2, -0.15) is 0 Å². The van der Waals surface area contributed by atoms with Gasteiger partial charge in [0.05, 0.1) is 5.69 Å². The molecule has 3 rings (SSSR count). The summed E-state index contributed by atoms with van der Waals surface area (Å²) >= 11 is 0. The van der Waals surface area contributed by atoms with Gasteiger partial charge >= 0.3 is 11.8 Å². The molecular weight excluding hydrogens is 292 g/mol. The summed E-state index contributed by atoms with van der Waals surface area (Å²) in [6.45, 7) is 3.46. The molecule has 0 aliphatic carbocycles. The van der Waals surface area contributed by atoms with Gasteiger partial charge in [-0.1, -0.05) is 12.5 Å². The van der Waals surface area contributed by atoms with Crippen LogP contribution in [0.15, 0.2) is 30.5 Å². The number of nitrogens with one attached hydrogen (secondary N) is 3. The minimum Gasteiger partial charge on any atom is -0.361 e. The largest absolute Gasteiger partial charge is 0.361 e. The lowest BCUT2D eigenvalue weighted by Gasteiger charge is -2.26. The van der Waals surface area contributed by atoms with E-state index in [4.69, 9.17) is 0 Å². The van der Waals surface area contributed by atoms with Crippen molar-refractivity contribution in [2.75, 3.05) is 31.5 Å². The van der Waals surface area contributed by atoms with E-state index in [2.05, 4.69) is 20.5 Å². The molecule has 0 radical (unpaired) electrons. The Labute approximate surface area is 135 Å². The van der Waals surface area contributed by atoms with Gasteiger partial charge in [0.2, 0.25) is 0 Å². The van der Waals surface area contributed by atoms with Crippen molar-refractivity contribution in [3.8, 4) is 0 Å². The van der Waals surface area contributed by atoms with Crippen LogP contribution in [-0.2, 0) is 9.59 Å². The van der Waals surface area contributed by atoms with E-state index < -0.39 is 11.8 Å². The van der Waals surface area contributed by atoms with Crippen LogP contribution in [0, 0.1) is 0 Å². The maximum absolute atomic E-state index is 12.0. The van der Waals surface area contributed by atoms with E-state index in [0.29, 0.717) is 12.2 Å². The molecule has 122 valence electrons. The number of carbonyl (C=O) groups excluding carboxylic acids is 2. The summed E-state index contributed by atoms with van der Waals surface area (Å²) in [5, 5.41) is 6.26. The van der Waals surface area contributed by atoms with E-state index in [1.807, 2.05) is 18.2 Å². The predicted molar refractivity (Wildman–Crippen MR) is 90.2 cm³/mol. The second-order valence-electron chi connectivity index (χ2n) is 5.86. The van der Waals surface area contributed by atoms with Gasteiger partial charge in [-0.3, -0.25) is 9.59 Å². The molecule has 1 aromatic carbocycles. The Hall–Kier alpha value is -2.34. The van der Waals surface area contributed by atoms with E-state index in [-0.39, 0.29) is 0 Å². The monoisotopic (exact) mass is 314 g/mol. The third-order valence-electron chi connectivity index (χ3n) is 4.21. The standard InChI is InChI=1S/C17H22N4O2/c22-16(19-9-12-21-10-2-1-3-11-21)17(23)20-15-6-4-5-14-13(15)7-8-18-14/h4-8,18H,1-3,9-12H2,(H,19,22)(H,20,23). The molecule has 1 aromatic heterocycles.